The average molecular weight is 359 g/mol. The standard InChI is InChI=1S/C19H26N4OS/c1-14(24)16-5-19(21(2)8-16)11-23-7-15-3-4-18(23)10-22(6-15)9-17-12-25-13-20-17/h5,8,12-13,15,18H,3-4,6-7,9-11H2,1-2H3. The number of aromatic nitrogens is 2. The van der Waals surface area contributed by atoms with Crippen LogP contribution in [-0.4, -0.2) is 50.8 Å². The van der Waals surface area contributed by atoms with Gasteiger partial charge in [-0.05, 0) is 31.7 Å². The monoisotopic (exact) mass is 358 g/mol. The summed E-state index contributed by atoms with van der Waals surface area (Å²) in [7, 11) is 2.05. The fourth-order valence-electron chi connectivity index (χ4n) is 4.31. The molecule has 0 radical (unpaired) electrons. The van der Waals surface area contributed by atoms with Crippen LogP contribution in [0, 0.1) is 5.92 Å². The van der Waals surface area contributed by atoms with Crippen LogP contribution in [-0.2, 0) is 20.1 Å². The minimum Gasteiger partial charge on any atom is -0.353 e. The lowest BCUT2D eigenvalue weighted by atomic mass is 9.95. The van der Waals surface area contributed by atoms with Crippen molar-refractivity contribution in [3.05, 3.63) is 40.1 Å². The lowest BCUT2D eigenvalue weighted by Gasteiger charge is -2.36. The lowest BCUT2D eigenvalue weighted by Crippen LogP contribution is -2.43. The summed E-state index contributed by atoms with van der Waals surface area (Å²) in [6.45, 7) is 7.02. The molecular weight excluding hydrogens is 332 g/mol. The number of hydrogen-bond donors (Lipinski definition) is 0. The van der Waals surface area contributed by atoms with E-state index < -0.39 is 0 Å². The number of Topliss-reactive ketones (excluding diaryl/α,β-unsaturated/α-hetero) is 1. The van der Waals surface area contributed by atoms with Gasteiger partial charge in [0.2, 0.25) is 0 Å². The summed E-state index contributed by atoms with van der Waals surface area (Å²) in [5.74, 6) is 0.888. The van der Waals surface area contributed by atoms with Crippen molar-refractivity contribution in [2.45, 2.75) is 38.9 Å². The summed E-state index contributed by atoms with van der Waals surface area (Å²) in [6.07, 6.45) is 4.57. The maximum absolute atomic E-state index is 11.6. The van der Waals surface area contributed by atoms with Gasteiger partial charge in [-0.1, -0.05) is 0 Å². The molecule has 2 aromatic rings. The zero-order valence-corrected chi connectivity index (χ0v) is 15.8. The molecule has 2 aromatic heterocycles. The van der Waals surface area contributed by atoms with E-state index in [1.54, 1.807) is 18.3 Å². The van der Waals surface area contributed by atoms with Gasteiger partial charge in [-0.3, -0.25) is 14.6 Å². The van der Waals surface area contributed by atoms with Crippen molar-refractivity contribution in [1.82, 2.24) is 19.4 Å². The molecule has 3 aliphatic heterocycles. The van der Waals surface area contributed by atoms with Gasteiger partial charge in [0.25, 0.3) is 0 Å². The summed E-state index contributed by atoms with van der Waals surface area (Å²) in [5.41, 5.74) is 5.19. The van der Waals surface area contributed by atoms with Crippen LogP contribution in [0.25, 0.3) is 0 Å². The number of piperidine rings is 1. The summed E-state index contributed by atoms with van der Waals surface area (Å²) >= 11 is 1.68. The average Bonchev–Trinajstić information content (AvgIpc) is 3.11. The van der Waals surface area contributed by atoms with Crippen LogP contribution in [0.15, 0.2) is 23.2 Å². The fraction of sp³-hybridized carbons (Fsp3) is 0.579. The third kappa shape index (κ3) is 3.71. The summed E-state index contributed by atoms with van der Waals surface area (Å²) in [6, 6.07) is 2.67. The van der Waals surface area contributed by atoms with E-state index in [9.17, 15) is 4.79 Å². The smallest absolute Gasteiger partial charge is 0.161 e. The second-order valence-corrected chi connectivity index (χ2v) is 8.31. The minimum atomic E-state index is 0.147. The molecule has 2 unspecified atom stereocenters. The summed E-state index contributed by atoms with van der Waals surface area (Å²) in [5, 5.41) is 2.16. The summed E-state index contributed by atoms with van der Waals surface area (Å²) in [4.78, 5) is 21.3. The van der Waals surface area contributed by atoms with E-state index in [1.165, 1.54) is 37.3 Å². The van der Waals surface area contributed by atoms with Crippen molar-refractivity contribution < 1.29 is 4.79 Å². The van der Waals surface area contributed by atoms with Crippen LogP contribution in [0.5, 0.6) is 0 Å². The molecule has 25 heavy (non-hydrogen) atoms. The second-order valence-electron chi connectivity index (χ2n) is 7.59. The first-order valence-electron chi connectivity index (χ1n) is 9.08. The molecule has 2 bridgehead atoms. The van der Waals surface area contributed by atoms with E-state index in [0.717, 1.165) is 31.1 Å². The zero-order valence-electron chi connectivity index (χ0n) is 15.0. The normalized spacial score (nSPS) is 24.6. The van der Waals surface area contributed by atoms with Crippen molar-refractivity contribution >= 4 is 17.1 Å². The molecule has 0 spiro atoms. The summed E-state index contributed by atoms with van der Waals surface area (Å²) < 4.78 is 2.11. The van der Waals surface area contributed by atoms with Crippen LogP contribution in [0.4, 0.5) is 0 Å². The predicted molar refractivity (Wildman–Crippen MR) is 99.7 cm³/mol. The Morgan fingerprint density at radius 3 is 2.88 bits per heavy atom. The maximum atomic E-state index is 11.6. The number of fused-ring (bicyclic) bond motifs is 4. The Morgan fingerprint density at radius 1 is 1.28 bits per heavy atom. The molecule has 3 saturated heterocycles. The molecule has 134 valence electrons. The zero-order chi connectivity index (χ0) is 17.4. The van der Waals surface area contributed by atoms with Crippen molar-refractivity contribution in [3.8, 4) is 0 Å². The molecule has 3 aliphatic rings. The molecule has 5 rings (SSSR count). The van der Waals surface area contributed by atoms with Gasteiger partial charge >= 0.3 is 0 Å². The lowest BCUT2D eigenvalue weighted by molar-refractivity contribution is 0.101. The first-order chi connectivity index (χ1) is 12.1. The van der Waals surface area contributed by atoms with Crippen LogP contribution in [0.3, 0.4) is 0 Å². The van der Waals surface area contributed by atoms with Gasteiger partial charge < -0.3 is 4.57 Å². The maximum Gasteiger partial charge on any atom is 0.161 e. The molecule has 0 N–H and O–H groups in total. The Morgan fingerprint density at radius 2 is 2.16 bits per heavy atom. The number of ketones is 1. The van der Waals surface area contributed by atoms with Gasteiger partial charge in [0.1, 0.15) is 0 Å². The van der Waals surface area contributed by atoms with Crippen molar-refractivity contribution in [2.75, 3.05) is 19.6 Å². The van der Waals surface area contributed by atoms with Gasteiger partial charge in [0, 0.05) is 68.6 Å². The van der Waals surface area contributed by atoms with Crippen LogP contribution >= 0.6 is 11.3 Å². The van der Waals surface area contributed by atoms with Gasteiger partial charge in [-0.25, -0.2) is 4.98 Å². The number of thiazole rings is 1. The second kappa shape index (κ2) is 7.02. The van der Waals surface area contributed by atoms with E-state index in [1.807, 2.05) is 18.8 Å². The molecule has 5 nitrogen and oxygen atoms in total. The number of aryl methyl sites for hydroxylation is 1. The van der Waals surface area contributed by atoms with Gasteiger partial charge in [0.05, 0.1) is 11.2 Å². The van der Waals surface area contributed by atoms with Crippen LogP contribution in [0.1, 0.15) is 41.5 Å². The molecule has 6 heteroatoms. The first kappa shape index (κ1) is 16.9. The topological polar surface area (TPSA) is 41.4 Å². The highest BCUT2D eigenvalue weighted by Crippen LogP contribution is 2.30. The number of hydrogen-bond acceptors (Lipinski definition) is 5. The molecule has 0 saturated carbocycles. The Hall–Kier alpha value is -1.50. The van der Waals surface area contributed by atoms with Gasteiger partial charge in [0.15, 0.2) is 5.78 Å². The van der Waals surface area contributed by atoms with Gasteiger partial charge in [-0.2, -0.15) is 0 Å². The Labute approximate surface area is 153 Å². The molecule has 3 fully saturated rings. The third-order valence-corrected chi connectivity index (χ3v) is 6.29. The van der Waals surface area contributed by atoms with E-state index in [-0.39, 0.29) is 5.78 Å². The van der Waals surface area contributed by atoms with Crippen molar-refractivity contribution in [2.24, 2.45) is 13.0 Å². The van der Waals surface area contributed by atoms with E-state index in [2.05, 4.69) is 30.8 Å². The highest BCUT2D eigenvalue weighted by atomic mass is 32.1. The SMILES string of the molecule is CC(=O)c1cc(CN2CC3CCC2CN(Cc2cscn2)C3)n(C)c1. The molecule has 2 atom stereocenters. The van der Waals surface area contributed by atoms with E-state index in [4.69, 9.17) is 0 Å². The van der Waals surface area contributed by atoms with E-state index in [0.29, 0.717) is 6.04 Å². The Kier molecular flexibility index (Phi) is 4.75. The molecule has 0 aliphatic carbocycles. The van der Waals surface area contributed by atoms with Gasteiger partial charge in [-0.15, -0.1) is 11.3 Å². The van der Waals surface area contributed by atoms with Crippen LogP contribution in [0.2, 0.25) is 0 Å². The predicted octanol–water partition coefficient (Wildman–Crippen LogP) is 2.78. The molecular formula is C19H26N4OS. The minimum absolute atomic E-state index is 0.147. The quantitative estimate of drug-likeness (QED) is 0.771. The largest absolute Gasteiger partial charge is 0.353 e. The Bertz CT molecular complexity index is 739. The Balaban J connectivity index is 1.46. The number of carbonyl (C=O) groups excluding carboxylic acids is 1. The highest BCUT2D eigenvalue weighted by molar-refractivity contribution is 7.07. The number of nitrogens with zero attached hydrogens (tertiary/aromatic N) is 4. The van der Waals surface area contributed by atoms with Crippen molar-refractivity contribution in [3.63, 3.8) is 0 Å². The number of carbonyl (C=O) groups is 1. The highest BCUT2D eigenvalue weighted by Gasteiger charge is 2.35. The number of rotatable bonds is 5. The molecule has 5 heterocycles. The first-order valence-corrected chi connectivity index (χ1v) is 10.0. The molecule has 0 amide bonds. The fourth-order valence-corrected chi connectivity index (χ4v) is 4.86. The van der Waals surface area contributed by atoms with Crippen molar-refractivity contribution in [1.29, 1.82) is 0 Å². The van der Waals surface area contributed by atoms with E-state index >= 15 is 0 Å². The third-order valence-electron chi connectivity index (χ3n) is 5.65. The molecule has 0 aromatic carbocycles. The van der Waals surface area contributed by atoms with Crippen LogP contribution < -0.4 is 0 Å².